The second kappa shape index (κ2) is 48.5. The number of thioether (sulfide) groups is 1. The number of nitrogens with one attached hydrogen (secondary N) is 3. The van der Waals surface area contributed by atoms with Crippen LogP contribution in [-0.2, 0) is 46.9 Å². The molecule has 2 aliphatic rings. The molecule has 0 bridgehead atoms. The lowest BCUT2D eigenvalue weighted by atomic mass is 9.91. The quantitative estimate of drug-likeness (QED) is 0.00747. The number of aliphatic hydroxyl groups excluding tert-OH is 3. The molecule has 7 N–H and O–H groups in total. The van der Waals surface area contributed by atoms with E-state index < -0.39 is 68.4 Å². The number of amides is 1. The third kappa shape index (κ3) is 40.8. The van der Waals surface area contributed by atoms with Crippen LogP contribution in [0.1, 0.15) is 241 Å². The van der Waals surface area contributed by atoms with Gasteiger partial charge >= 0.3 is 25.9 Å². The van der Waals surface area contributed by atoms with Crippen LogP contribution in [0.5, 0.6) is 0 Å². The Kier molecular flexibility index (Phi) is 44.9. The number of carbonyl (C=O) groups excluding carboxylic acids is 3. The summed E-state index contributed by atoms with van der Waals surface area (Å²) in [5.41, 5.74) is -1.07. The minimum Gasteiger partial charge on any atom is -0.462 e. The maximum Gasteiger partial charge on any atom is 0.472 e. The Balaban J connectivity index is 1.69. The average Bonchev–Trinajstić information content (AvgIpc) is 4.47. The number of phosphoric ester groups is 1. The van der Waals surface area contributed by atoms with Gasteiger partial charge in [0.15, 0.2) is 11.2 Å². The first-order chi connectivity index (χ1) is 40.8. The molecule has 1 saturated carbocycles. The number of esters is 2. The molecule has 6 unspecified atom stereocenters. The monoisotopic (exact) mass is 1260 g/mol. The van der Waals surface area contributed by atoms with Crippen molar-refractivity contribution in [2.75, 3.05) is 65.0 Å². The van der Waals surface area contributed by atoms with Gasteiger partial charge in [0.2, 0.25) is 0 Å². The first-order valence-corrected chi connectivity index (χ1v) is 35.9. The molecule has 1 saturated heterocycles. The van der Waals surface area contributed by atoms with Gasteiger partial charge in [0.05, 0.1) is 32.5 Å². The first-order valence-electron chi connectivity index (χ1n) is 32.9. The van der Waals surface area contributed by atoms with Gasteiger partial charge in [-0.05, 0) is 114 Å². The number of carbonyl (C=O) groups is 3. The molecule has 2 rings (SSSR count). The predicted octanol–water partition coefficient (Wildman–Crippen LogP) is 13.3. The normalized spacial score (nSPS) is 20.0. The average molecular weight is 1260 g/mol. The second-order valence-electron chi connectivity index (χ2n) is 24.5. The molecule has 1 amide bonds. The van der Waals surface area contributed by atoms with E-state index in [2.05, 4.69) is 74.9 Å². The maximum atomic E-state index is 13.0. The first kappa shape index (κ1) is 78.7. The maximum absolute atomic E-state index is 13.0. The summed E-state index contributed by atoms with van der Waals surface area (Å²) in [6, 6.07) is 0. The molecule has 21 heteroatoms. The van der Waals surface area contributed by atoms with Crippen molar-refractivity contribution in [3.63, 3.8) is 0 Å². The topological polar surface area (TPSA) is 250 Å². The molecule has 496 valence electrons. The molecule has 0 spiro atoms. The van der Waals surface area contributed by atoms with Gasteiger partial charge in [-0.3, -0.25) is 18.6 Å². The number of phosphoric acid groups is 1. The predicted molar refractivity (Wildman–Crippen MR) is 344 cm³/mol. The molecule has 85 heavy (non-hydrogen) atoms. The molecule has 0 radical (unpaired) electrons. The van der Waals surface area contributed by atoms with E-state index in [4.69, 9.17) is 44.9 Å². The summed E-state index contributed by atoms with van der Waals surface area (Å²) in [5, 5.41) is 39.7. The Bertz CT molecular complexity index is 1860. The summed E-state index contributed by atoms with van der Waals surface area (Å²) in [6.45, 7) is 13.3. The fourth-order valence-electron chi connectivity index (χ4n) is 9.77. The van der Waals surface area contributed by atoms with Crippen molar-refractivity contribution in [3.8, 4) is 0 Å². The van der Waals surface area contributed by atoms with Crippen molar-refractivity contribution in [2.24, 2.45) is 16.7 Å². The largest absolute Gasteiger partial charge is 0.472 e. The zero-order valence-electron chi connectivity index (χ0n) is 53.4. The lowest BCUT2D eigenvalue weighted by molar-refractivity contribution is -0.192. The molecular weight excluding hydrogens is 1150 g/mol. The fraction of sp³-hybridized carbons (Fsp3) is 0.875. The Morgan fingerprint density at radius 1 is 0.671 bits per heavy atom. The van der Waals surface area contributed by atoms with Crippen LogP contribution in [0.2, 0.25) is 0 Å². The number of alkyl carbamates (subject to hydrolysis) is 1. The Labute approximate surface area is 522 Å². The number of hydrogen-bond acceptors (Lipinski definition) is 16. The zero-order chi connectivity index (χ0) is 62.4. The van der Waals surface area contributed by atoms with Crippen LogP contribution in [0.3, 0.4) is 0 Å². The highest BCUT2D eigenvalue weighted by Gasteiger charge is 2.48. The molecular formula is C64H118N3O15PS2. The van der Waals surface area contributed by atoms with Crippen LogP contribution < -0.4 is 16.0 Å². The number of rotatable bonds is 54. The highest BCUT2D eigenvalue weighted by Crippen LogP contribution is 2.52. The van der Waals surface area contributed by atoms with E-state index >= 15 is 0 Å². The Hall–Kier alpha value is -2.36. The summed E-state index contributed by atoms with van der Waals surface area (Å²) in [5.74, 6) is -0.183. The number of hydrogen-bond donors (Lipinski definition) is 7. The molecule has 0 aromatic carbocycles. The highest BCUT2D eigenvalue weighted by molar-refractivity contribution is 7.99. The molecule has 8 atom stereocenters. The number of ether oxygens (including phenoxy) is 5. The van der Waals surface area contributed by atoms with Gasteiger partial charge in [-0.15, -0.1) is 11.8 Å². The molecule has 0 aromatic heterocycles. The summed E-state index contributed by atoms with van der Waals surface area (Å²) >= 11 is 6.87. The number of thiocarbonyl (C=S) groups is 1. The summed E-state index contributed by atoms with van der Waals surface area (Å²) in [7, 11) is -4.67. The van der Waals surface area contributed by atoms with Gasteiger partial charge in [0, 0.05) is 49.9 Å². The van der Waals surface area contributed by atoms with Crippen LogP contribution in [0.4, 0.5) is 4.79 Å². The standard InChI is InChI=1S/C64H118N3O15PS2/c1-7-9-11-13-15-17-19-21-23-25-27-29-31-33-35-38-55(68)77-47-54(82-56(69)39-36-34-32-30-28-26-24-22-20-18-16-14-12-10-8-2)48-80-83(74,75)79-44-43-66-62(73)78-51-64(40-41-64)52(3)46-76-50-63(5,6)49-67-61(84)65-42-37-45-85-60-59(72)58(71)57(70)53(4)81-60/h21-24,52-54,57-60,70-72H,7-20,25-51H2,1-6H3,(H,66,73)(H,74,75)(H2,65,67,84)/b23-21-,24-22-/t52?,53-,54?,57?,58?,59-,60?/m0/s1. The minimum atomic E-state index is -4.67. The van der Waals surface area contributed by atoms with E-state index in [9.17, 15) is 39.2 Å². The summed E-state index contributed by atoms with van der Waals surface area (Å²) in [6.07, 6.45) is 35.7. The van der Waals surface area contributed by atoms with Crippen LogP contribution in [-0.4, -0.2) is 144 Å². The van der Waals surface area contributed by atoms with Gasteiger partial charge in [0.1, 0.15) is 30.4 Å². The number of allylic oxidation sites excluding steroid dienone is 4. The molecule has 1 aliphatic heterocycles. The zero-order valence-corrected chi connectivity index (χ0v) is 55.9. The van der Waals surface area contributed by atoms with Gasteiger partial charge in [-0.1, -0.05) is 162 Å². The van der Waals surface area contributed by atoms with Crippen molar-refractivity contribution < 1.29 is 71.9 Å². The van der Waals surface area contributed by atoms with Gasteiger partial charge < -0.3 is 59.8 Å². The van der Waals surface area contributed by atoms with Gasteiger partial charge in [0.25, 0.3) is 0 Å². The number of unbranched alkanes of at least 4 members (excludes halogenated alkanes) is 22. The SMILES string of the molecule is CCCCCCCC/C=C\CCCCCCCC(=O)OCC(COP(=O)(O)OCCNC(=O)OCC1(C(C)COCC(C)(C)CNC(=S)NCCCSC2O[C@@H](C)C(O)C(O)[C@@H]2O)CC1)OC(=O)CCCCCCC/C=C\CCCCCCCC. The van der Waals surface area contributed by atoms with Crippen molar-refractivity contribution in [1.29, 1.82) is 0 Å². The van der Waals surface area contributed by atoms with Crippen LogP contribution in [0, 0.1) is 16.7 Å². The molecule has 0 aromatic rings. The molecule has 1 heterocycles. The van der Waals surface area contributed by atoms with Gasteiger partial charge in [-0.25, -0.2) is 9.36 Å². The molecule has 18 nitrogen and oxygen atoms in total. The van der Waals surface area contributed by atoms with Crippen molar-refractivity contribution in [1.82, 2.24) is 16.0 Å². The van der Waals surface area contributed by atoms with Crippen molar-refractivity contribution >= 4 is 54.9 Å². The Morgan fingerprint density at radius 2 is 1.20 bits per heavy atom. The Morgan fingerprint density at radius 3 is 1.75 bits per heavy atom. The van der Waals surface area contributed by atoms with E-state index in [1.165, 1.54) is 88.8 Å². The number of aliphatic hydroxyl groups is 3. The van der Waals surface area contributed by atoms with E-state index in [-0.39, 0.29) is 56.0 Å². The van der Waals surface area contributed by atoms with Crippen molar-refractivity contribution in [3.05, 3.63) is 24.3 Å². The van der Waals surface area contributed by atoms with Crippen molar-refractivity contribution in [2.45, 2.75) is 277 Å². The molecule has 2 fully saturated rings. The van der Waals surface area contributed by atoms with E-state index in [1.54, 1.807) is 6.92 Å². The minimum absolute atomic E-state index is 0.109. The lowest BCUT2D eigenvalue weighted by Gasteiger charge is -2.39. The summed E-state index contributed by atoms with van der Waals surface area (Å²) in [4.78, 5) is 48.9. The summed E-state index contributed by atoms with van der Waals surface area (Å²) < 4.78 is 51.7. The fourth-order valence-corrected chi connectivity index (χ4v) is 11.9. The van der Waals surface area contributed by atoms with Crippen LogP contribution in [0.25, 0.3) is 0 Å². The van der Waals surface area contributed by atoms with Crippen LogP contribution in [0.15, 0.2) is 24.3 Å². The van der Waals surface area contributed by atoms with Crippen LogP contribution >= 0.6 is 31.8 Å². The van der Waals surface area contributed by atoms with E-state index in [0.29, 0.717) is 50.0 Å². The van der Waals surface area contributed by atoms with Gasteiger partial charge in [-0.2, -0.15) is 0 Å². The highest BCUT2D eigenvalue weighted by atomic mass is 32.2. The second-order valence-corrected chi connectivity index (χ2v) is 27.6. The third-order valence-corrected chi connectivity index (χ3v) is 18.3. The smallest absolute Gasteiger partial charge is 0.462 e. The molecule has 1 aliphatic carbocycles. The van der Waals surface area contributed by atoms with E-state index in [1.807, 2.05) is 0 Å². The lowest BCUT2D eigenvalue weighted by Crippen LogP contribution is -2.55. The van der Waals surface area contributed by atoms with E-state index in [0.717, 1.165) is 96.3 Å². The third-order valence-electron chi connectivity index (χ3n) is 15.8.